The molecule has 0 aliphatic rings. The number of aliphatic carboxylic acids is 1. The number of carboxylic acids is 1. The van der Waals surface area contributed by atoms with Crippen molar-refractivity contribution < 1.29 is 29.1 Å². The van der Waals surface area contributed by atoms with Gasteiger partial charge < -0.3 is 42.5 Å². The van der Waals surface area contributed by atoms with Gasteiger partial charge in [0.05, 0.1) is 18.8 Å². The molecule has 0 saturated heterocycles. The lowest BCUT2D eigenvalue weighted by molar-refractivity contribution is -0.142. The molecule has 0 spiro atoms. The van der Waals surface area contributed by atoms with Crippen molar-refractivity contribution in [2.45, 2.75) is 50.4 Å². The predicted octanol–water partition coefficient (Wildman–Crippen LogP) is -1.56. The number of nitrogens with two attached hydrogens (primary N) is 2. The molecule has 0 saturated carbocycles. The molecule has 3 aromatic rings. The van der Waals surface area contributed by atoms with Crippen LogP contribution in [0.15, 0.2) is 43.0 Å². The highest BCUT2D eigenvalue weighted by molar-refractivity contribution is 5.96. The van der Waals surface area contributed by atoms with Gasteiger partial charge in [0.1, 0.15) is 18.1 Å². The van der Waals surface area contributed by atoms with Gasteiger partial charge in [0, 0.05) is 41.8 Å². The van der Waals surface area contributed by atoms with Crippen LogP contribution in [0.25, 0.3) is 10.9 Å². The lowest BCUT2D eigenvalue weighted by Crippen LogP contribution is -2.58. The highest BCUT2D eigenvalue weighted by Gasteiger charge is 2.31. The van der Waals surface area contributed by atoms with Gasteiger partial charge in [-0.3, -0.25) is 24.0 Å². The average Bonchev–Trinajstić information content (AvgIpc) is 3.52. The van der Waals surface area contributed by atoms with Gasteiger partial charge >= 0.3 is 5.97 Å². The molecule has 0 aliphatic carbocycles. The highest BCUT2D eigenvalue weighted by Crippen LogP contribution is 2.19. The minimum Gasteiger partial charge on any atom is -0.480 e. The van der Waals surface area contributed by atoms with Crippen molar-refractivity contribution in [1.29, 1.82) is 0 Å². The number of benzene rings is 1. The zero-order valence-corrected chi connectivity index (χ0v) is 20.6. The molecule has 202 valence electrons. The van der Waals surface area contributed by atoms with Crippen LogP contribution < -0.4 is 27.4 Å². The minimum atomic E-state index is -1.43. The zero-order chi connectivity index (χ0) is 27.8. The maximum atomic E-state index is 13.2. The molecule has 14 nitrogen and oxygen atoms in total. The standard InChI is InChI=1S/C24H30N8O6/c1-12(24(37)38)30-22(35)18(6-13-9-28-17-5-3-2-4-15(13)17)32-23(36)19(8-20(26)33)31-21(34)16(25)7-14-10-27-11-29-14/h2-5,9-12,16,18-19,28H,6-8,25H2,1H3,(H2,26,33)(H,27,29)(H,30,35)(H,31,34)(H,32,36)(H,37,38). The Kier molecular flexibility index (Phi) is 9.16. The van der Waals surface area contributed by atoms with E-state index in [0.29, 0.717) is 11.3 Å². The first kappa shape index (κ1) is 27.9. The van der Waals surface area contributed by atoms with Crippen LogP contribution in [0.4, 0.5) is 0 Å². The SMILES string of the molecule is CC(NC(=O)C(Cc1c[nH]c2ccccc12)NC(=O)C(CC(N)=O)NC(=O)C(N)Cc1cnc[nH]1)C(=O)O. The van der Waals surface area contributed by atoms with Crippen LogP contribution in [-0.4, -0.2) is 73.8 Å². The van der Waals surface area contributed by atoms with Crippen LogP contribution >= 0.6 is 0 Å². The number of fused-ring (bicyclic) bond motifs is 1. The molecule has 2 heterocycles. The Bertz CT molecular complexity index is 1300. The van der Waals surface area contributed by atoms with E-state index in [1.54, 1.807) is 6.20 Å². The number of aromatic nitrogens is 3. The van der Waals surface area contributed by atoms with Gasteiger partial charge in [-0.2, -0.15) is 0 Å². The Balaban J connectivity index is 1.79. The lowest BCUT2D eigenvalue weighted by atomic mass is 10.0. The third-order valence-corrected chi connectivity index (χ3v) is 5.83. The van der Waals surface area contributed by atoms with Crippen molar-refractivity contribution in [3.05, 3.63) is 54.2 Å². The van der Waals surface area contributed by atoms with E-state index in [1.807, 2.05) is 24.3 Å². The summed E-state index contributed by atoms with van der Waals surface area (Å²) >= 11 is 0. The van der Waals surface area contributed by atoms with E-state index in [9.17, 15) is 29.1 Å². The molecule has 0 radical (unpaired) electrons. The molecule has 0 aliphatic heterocycles. The molecule has 2 aromatic heterocycles. The van der Waals surface area contributed by atoms with E-state index >= 15 is 0 Å². The molecular formula is C24H30N8O6. The highest BCUT2D eigenvalue weighted by atomic mass is 16.4. The Morgan fingerprint density at radius 3 is 2.32 bits per heavy atom. The maximum Gasteiger partial charge on any atom is 0.325 e. The summed E-state index contributed by atoms with van der Waals surface area (Å²) < 4.78 is 0. The van der Waals surface area contributed by atoms with Gasteiger partial charge in [0.2, 0.25) is 23.6 Å². The fourth-order valence-corrected chi connectivity index (χ4v) is 3.79. The molecule has 0 bridgehead atoms. The Morgan fingerprint density at radius 1 is 0.974 bits per heavy atom. The van der Waals surface area contributed by atoms with Gasteiger partial charge in [-0.15, -0.1) is 0 Å². The minimum absolute atomic E-state index is 0.00942. The largest absolute Gasteiger partial charge is 0.480 e. The Hall–Kier alpha value is -4.72. The van der Waals surface area contributed by atoms with Gasteiger partial charge in [-0.1, -0.05) is 18.2 Å². The zero-order valence-electron chi connectivity index (χ0n) is 20.6. The molecular weight excluding hydrogens is 496 g/mol. The van der Waals surface area contributed by atoms with Crippen LogP contribution in [-0.2, 0) is 36.8 Å². The van der Waals surface area contributed by atoms with Crippen LogP contribution in [0.2, 0.25) is 0 Å². The Labute approximate surface area is 216 Å². The van der Waals surface area contributed by atoms with E-state index in [0.717, 1.165) is 10.9 Å². The van der Waals surface area contributed by atoms with Crippen molar-refractivity contribution in [3.8, 4) is 0 Å². The average molecular weight is 527 g/mol. The number of hydrogen-bond donors (Lipinski definition) is 8. The molecule has 10 N–H and O–H groups in total. The number of primary amides is 1. The summed E-state index contributed by atoms with van der Waals surface area (Å²) in [5.74, 6) is -4.49. The molecule has 3 rings (SSSR count). The number of hydrogen-bond acceptors (Lipinski definition) is 7. The predicted molar refractivity (Wildman–Crippen MR) is 135 cm³/mol. The van der Waals surface area contributed by atoms with Gasteiger partial charge in [-0.05, 0) is 18.6 Å². The van der Waals surface area contributed by atoms with Crippen LogP contribution in [0.5, 0.6) is 0 Å². The van der Waals surface area contributed by atoms with E-state index < -0.39 is 60.2 Å². The first-order valence-electron chi connectivity index (χ1n) is 11.7. The molecule has 4 atom stereocenters. The summed E-state index contributed by atoms with van der Waals surface area (Å²) in [6.45, 7) is 1.28. The van der Waals surface area contributed by atoms with Gasteiger partial charge in [-0.25, -0.2) is 4.98 Å². The molecule has 0 fully saturated rings. The molecule has 38 heavy (non-hydrogen) atoms. The van der Waals surface area contributed by atoms with E-state index in [4.69, 9.17) is 11.5 Å². The normalized spacial score (nSPS) is 14.2. The summed E-state index contributed by atoms with van der Waals surface area (Å²) in [6, 6.07) is 2.34. The first-order chi connectivity index (χ1) is 18.0. The van der Waals surface area contributed by atoms with E-state index in [2.05, 4.69) is 30.9 Å². The second kappa shape index (κ2) is 12.5. The number of carbonyl (C=O) groups excluding carboxylic acids is 4. The quantitative estimate of drug-likeness (QED) is 0.129. The monoisotopic (exact) mass is 526 g/mol. The summed E-state index contributed by atoms with van der Waals surface area (Å²) in [4.78, 5) is 71.5. The van der Waals surface area contributed by atoms with Crippen molar-refractivity contribution >= 4 is 40.5 Å². The second-order valence-corrected chi connectivity index (χ2v) is 8.81. The number of aromatic amines is 2. The number of amides is 4. The van der Waals surface area contributed by atoms with Gasteiger partial charge in [0.15, 0.2) is 0 Å². The van der Waals surface area contributed by atoms with Gasteiger partial charge in [0.25, 0.3) is 0 Å². The number of rotatable bonds is 13. The van der Waals surface area contributed by atoms with E-state index in [1.165, 1.54) is 19.4 Å². The van der Waals surface area contributed by atoms with Crippen LogP contribution in [0.3, 0.4) is 0 Å². The summed E-state index contributed by atoms with van der Waals surface area (Å²) in [5.41, 5.74) is 13.3. The molecule has 4 amide bonds. The number of nitrogens with zero attached hydrogens (tertiary/aromatic N) is 1. The first-order valence-corrected chi connectivity index (χ1v) is 11.7. The topological polar surface area (TPSA) is 238 Å². The summed E-state index contributed by atoms with van der Waals surface area (Å²) in [7, 11) is 0. The van der Waals surface area contributed by atoms with Crippen molar-refractivity contribution in [3.63, 3.8) is 0 Å². The third kappa shape index (κ3) is 7.39. The van der Waals surface area contributed by atoms with E-state index in [-0.39, 0.29) is 12.8 Å². The fraction of sp³-hybridized carbons (Fsp3) is 0.333. The van der Waals surface area contributed by atoms with Crippen molar-refractivity contribution in [2.24, 2.45) is 11.5 Å². The Morgan fingerprint density at radius 2 is 1.66 bits per heavy atom. The smallest absolute Gasteiger partial charge is 0.325 e. The summed E-state index contributed by atoms with van der Waals surface area (Å²) in [5, 5.41) is 17.3. The second-order valence-electron chi connectivity index (χ2n) is 8.81. The number of H-pyrrole nitrogens is 2. The maximum absolute atomic E-state index is 13.2. The van der Waals surface area contributed by atoms with Crippen molar-refractivity contribution in [2.75, 3.05) is 0 Å². The van der Waals surface area contributed by atoms with Crippen LogP contribution in [0.1, 0.15) is 24.6 Å². The number of carbonyl (C=O) groups is 5. The summed E-state index contributed by atoms with van der Waals surface area (Å²) in [6.07, 6.45) is 4.12. The fourth-order valence-electron chi connectivity index (χ4n) is 3.79. The number of carboxylic acid groups (broad SMARTS) is 1. The molecule has 1 aromatic carbocycles. The van der Waals surface area contributed by atoms with Crippen LogP contribution in [0, 0.1) is 0 Å². The molecule has 14 heteroatoms. The lowest BCUT2D eigenvalue weighted by Gasteiger charge is -2.24. The van der Waals surface area contributed by atoms with Crippen molar-refractivity contribution in [1.82, 2.24) is 30.9 Å². The third-order valence-electron chi connectivity index (χ3n) is 5.83. The number of imidazole rings is 1. The number of para-hydroxylation sites is 1. The molecule has 4 unspecified atom stereocenters. The number of nitrogens with one attached hydrogen (secondary N) is 5.